The maximum atomic E-state index is 11.1. The van der Waals surface area contributed by atoms with E-state index >= 15 is 0 Å². The Bertz CT molecular complexity index is 424. The molecule has 0 spiro atoms. The van der Waals surface area contributed by atoms with E-state index in [-0.39, 0.29) is 10.3 Å². The van der Waals surface area contributed by atoms with Crippen molar-refractivity contribution in [2.45, 2.75) is 33.1 Å². The molecular weight excluding hydrogens is 236 g/mol. The molecule has 4 heteroatoms. The van der Waals surface area contributed by atoms with Crippen molar-refractivity contribution in [3.63, 3.8) is 0 Å². The number of carboxylic acids is 1. The second kappa shape index (κ2) is 5.36. The van der Waals surface area contributed by atoms with E-state index in [1.165, 1.54) is 11.3 Å². The molecule has 0 fully saturated rings. The lowest BCUT2D eigenvalue weighted by Gasteiger charge is -2.14. The summed E-state index contributed by atoms with van der Waals surface area (Å²) >= 11 is 1.28. The number of thiophene rings is 1. The summed E-state index contributed by atoms with van der Waals surface area (Å²) in [5.41, 5.74) is -0.0585. The Morgan fingerprint density at radius 3 is 2.65 bits per heavy atom. The van der Waals surface area contributed by atoms with Gasteiger partial charge in [0.05, 0.1) is 0 Å². The van der Waals surface area contributed by atoms with Crippen molar-refractivity contribution in [1.82, 2.24) is 0 Å². The van der Waals surface area contributed by atoms with Crippen molar-refractivity contribution in [3.8, 4) is 5.75 Å². The largest absolute Gasteiger partial charge is 0.488 e. The standard InChI is InChI=1S/C13H18O3S/c1-5-6-7-16-9-8-10(13(2,3)4)17-11(9)12(14)15/h5-6,8H,7H2,1-4H3,(H,14,15). The molecule has 0 aliphatic rings. The number of rotatable bonds is 4. The number of allylic oxidation sites excluding steroid dienone is 1. The Labute approximate surface area is 106 Å². The van der Waals surface area contributed by atoms with E-state index in [9.17, 15) is 4.79 Å². The van der Waals surface area contributed by atoms with Gasteiger partial charge in [-0.1, -0.05) is 32.9 Å². The minimum Gasteiger partial charge on any atom is -0.488 e. The van der Waals surface area contributed by atoms with Gasteiger partial charge < -0.3 is 9.84 Å². The number of hydrogen-bond acceptors (Lipinski definition) is 3. The van der Waals surface area contributed by atoms with Gasteiger partial charge in [-0.3, -0.25) is 0 Å². The van der Waals surface area contributed by atoms with Gasteiger partial charge in [0.2, 0.25) is 0 Å². The lowest BCUT2D eigenvalue weighted by Crippen LogP contribution is -2.08. The third kappa shape index (κ3) is 3.60. The molecule has 0 saturated carbocycles. The van der Waals surface area contributed by atoms with Crippen LogP contribution in [0.2, 0.25) is 0 Å². The van der Waals surface area contributed by atoms with Crippen LogP contribution in [0, 0.1) is 0 Å². The SMILES string of the molecule is CC=CCOc1cc(C(C)(C)C)sc1C(=O)O. The summed E-state index contributed by atoms with van der Waals surface area (Å²) in [6.07, 6.45) is 3.72. The third-order valence-corrected chi connectivity index (χ3v) is 3.73. The van der Waals surface area contributed by atoms with Crippen molar-refractivity contribution in [2.75, 3.05) is 6.61 Å². The highest BCUT2D eigenvalue weighted by Gasteiger charge is 2.23. The van der Waals surface area contributed by atoms with Crippen LogP contribution in [0.4, 0.5) is 0 Å². The van der Waals surface area contributed by atoms with E-state index in [2.05, 4.69) is 20.8 Å². The Morgan fingerprint density at radius 2 is 2.18 bits per heavy atom. The summed E-state index contributed by atoms with van der Waals surface area (Å²) < 4.78 is 5.46. The Balaban J connectivity index is 3.01. The summed E-state index contributed by atoms with van der Waals surface area (Å²) in [5, 5.41) is 9.11. The topological polar surface area (TPSA) is 46.5 Å². The van der Waals surface area contributed by atoms with E-state index in [0.717, 1.165) is 4.88 Å². The quantitative estimate of drug-likeness (QED) is 0.833. The molecule has 1 aromatic heterocycles. The first-order valence-electron chi connectivity index (χ1n) is 5.48. The Kier molecular flexibility index (Phi) is 4.34. The maximum Gasteiger partial charge on any atom is 0.349 e. The summed E-state index contributed by atoms with van der Waals surface area (Å²) in [7, 11) is 0. The molecule has 0 saturated heterocycles. The van der Waals surface area contributed by atoms with Crippen molar-refractivity contribution in [3.05, 3.63) is 28.0 Å². The van der Waals surface area contributed by atoms with Crippen LogP contribution in [0.1, 0.15) is 42.2 Å². The summed E-state index contributed by atoms with van der Waals surface area (Å²) in [4.78, 5) is 12.4. The molecule has 1 aromatic rings. The summed E-state index contributed by atoms with van der Waals surface area (Å²) in [6.45, 7) is 8.47. The summed E-state index contributed by atoms with van der Waals surface area (Å²) in [6, 6.07) is 1.83. The van der Waals surface area contributed by atoms with Crippen LogP contribution in [0.3, 0.4) is 0 Å². The van der Waals surface area contributed by atoms with Crippen LogP contribution in [-0.2, 0) is 5.41 Å². The van der Waals surface area contributed by atoms with Crippen LogP contribution >= 0.6 is 11.3 Å². The van der Waals surface area contributed by atoms with Crippen LogP contribution in [0.5, 0.6) is 5.75 Å². The first-order chi connectivity index (χ1) is 7.86. The van der Waals surface area contributed by atoms with Crippen LogP contribution in [0.25, 0.3) is 0 Å². The molecule has 0 aliphatic heterocycles. The highest BCUT2D eigenvalue weighted by Crippen LogP contribution is 2.36. The van der Waals surface area contributed by atoms with Gasteiger partial charge in [-0.15, -0.1) is 11.3 Å². The van der Waals surface area contributed by atoms with E-state index in [4.69, 9.17) is 9.84 Å². The maximum absolute atomic E-state index is 11.1. The van der Waals surface area contributed by atoms with Gasteiger partial charge >= 0.3 is 5.97 Å². The van der Waals surface area contributed by atoms with E-state index in [1.54, 1.807) is 0 Å². The minimum absolute atomic E-state index is 0.0585. The minimum atomic E-state index is -0.930. The van der Waals surface area contributed by atoms with E-state index in [0.29, 0.717) is 12.4 Å². The smallest absolute Gasteiger partial charge is 0.349 e. The first kappa shape index (κ1) is 13.8. The molecule has 1 heterocycles. The Morgan fingerprint density at radius 1 is 1.53 bits per heavy atom. The fourth-order valence-electron chi connectivity index (χ4n) is 1.23. The molecule has 0 aromatic carbocycles. The predicted molar refractivity (Wildman–Crippen MR) is 70.3 cm³/mol. The zero-order valence-electron chi connectivity index (χ0n) is 10.6. The van der Waals surface area contributed by atoms with Crippen molar-refractivity contribution in [1.29, 1.82) is 0 Å². The molecule has 3 nitrogen and oxygen atoms in total. The molecule has 0 unspecified atom stereocenters. The molecule has 0 amide bonds. The zero-order valence-corrected chi connectivity index (χ0v) is 11.4. The Hall–Kier alpha value is -1.29. The zero-order chi connectivity index (χ0) is 13.1. The molecule has 1 rings (SSSR count). The molecule has 0 atom stereocenters. The van der Waals surface area contributed by atoms with E-state index in [1.807, 2.05) is 25.1 Å². The number of carboxylic acid groups (broad SMARTS) is 1. The van der Waals surface area contributed by atoms with Crippen molar-refractivity contribution in [2.24, 2.45) is 0 Å². The molecule has 94 valence electrons. The second-order valence-corrected chi connectivity index (χ2v) is 5.79. The van der Waals surface area contributed by atoms with E-state index < -0.39 is 5.97 Å². The van der Waals surface area contributed by atoms with Gasteiger partial charge in [-0.05, 0) is 18.4 Å². The van der Waals surface area contributed by atoms with Gasteiger partial charge in [0, 0.05) is 4.88 Å². The number of hydrogen-bond donors (Lipinski definition) is 1. The van der Waals surface area contributed by atoms with Gasteiger partial charge in [-0.2, -0.15) is 0 Å². The van der Waals surface area contributed by atoms with Crippen LogP contribution in [-0.4, -0.2) is 17.7 Å². The highest BCUT2D eigenvalue weighted by atomic mass is 32.1. The highest BCUT2D eigenvalue weighted by molar-refractivity contribution is 7.14. The second-order valence-electron chi connectivity index (χ2n) is 4.74. The van der Waals surface area contributed by atoms with Crippen LogP contribution < -0.4 is 4.74 Å². The lowest BCUT2D eigenvalue weighted by molar-refractivity contribution is 0.0698. The van der Waals surface area contributed by atoms with Gasteiger partial charge in [-0.25, -0.2) is 4.79 Å². The molecule has 0 radical (unpaired) electrons. The van der Waals surface area contributed by atoms with Gasteiger partial charge in [0.25, 0.3) is 0 Å². The fraction of sp³-hybridized carbons (Fsp3) is 0.462. The fourth-order valence-corrected chi connectivity index (χ4v) is 2.23. The molecule has 0 aliphatic carbocycles. The molecule has 17 heavy (non-hydrogen) atoms. The summed E-state index contributed by atoms with van der Waals surface area (Å²) in [5.74, 6) is -0.466. The number of aromatic carboxylic acids is 1. The van der Waals surface area contributed by atoms with Crippen LogP contribution in [0.15, 0.2) is 18.2 Å². The van der Waals surface area contributed by atoms with Crippen molar-refractivity contribution < 1.29 is 14.6 Å². The average molecular weight is 254 g/mol. The molecular formula is C13H18O3S. The predicted octanol–water partition coefficient (Wildman–Crippen LogP) is 3.70. The molecule has 1 N–H and O–H groups in total. The number of ether oxygens (including phenoxy) is 1. The molecule has 0 bridgehead atoms. The normalized spacial score (nSPS) is 12.0. The van der Waals surface area contributed by atoms with Gasteiger partial charge in [0.15, 0.2) is 4.88 Å². The first-order valence-corrected chi connectivity index (χ1v) is 6.29. The van der Waals surface area contributed by atoms with Crippen molar-refractivity contribution >= 4 is 17.3 Å². The number of carbonyl (C=O) groups is 1. The average Bonchev–Trinajstić information content (AvgIpc) is 2.61. The monoisotopic (exact) mass is 254 g/mol. The van der Waals surface area contributed by atoms with Gasteiger partial charge in [0.1, 0.15) is 12.4 Å². The lowest BCUT2D eigenvalue weighted by atomic mass is 9.95. The third-order valence-electron chi connectivity index (χ3n) is 2.20.